The van der Waals surface area contributed by atoms with Crippen LogP contribution in [0.5, 0.6) is 11.5 Å². The Balaban J connectivity index is 1.29. The fraction of sp³-hybridized carbons (Fsp3) is 0.450. The number of ether oxygens (including phenoxy) is 2. The number of thiocarbonyl (C=S) groups is 1. The van der Waals surface area contributed by atoms with E-state index in [0.29, 0.717) is 40.4 Å². The van der Waals surface area contributed by atoms with Crippen molar-refractivity contribution in [1.29, 1.82) is 0 Å². The van der Waals surface area contributed by atoms with E-state index in [1.807, 2.05) is 18.2 Å². The van der Waals surface area contributed by atoms with Gasteiger partial charge in [0, 0.05) is 13.1 Å². The van der Waals surface area contributed by atoms with Crippen molar-refractivity contribution in [3.05, 3.63) is 28.7 Å². The lowest BCUT2D eigenvalue weighted by molar-refractivity contribution is -0.124. The maximum atomic E-state index is 12.7. The number of piperidine rings is 1. The van der Waals surface area contributed by atoms with Gasteiger partial charge in [0.05, 0.1) is 11.4 Å². The third kappa shape index (κ3) is 4.91. The first-order valence-corrected chi connectivity index (χ1v) is 11.0. The summed E-state index contributed by atoms with van der Waals surface area (Å²) in [7, 11) is 0. The number of likely N-dealkylation sites (tertiary alicyclic amines) is 1. The van der Waals surface area contributed by atoms with Gasteiger partial charge >= 0.3 is 0 Å². The fourth-order valence-corrected chi connectivity index (χ4v) is 4.84. The molecule has 3 aliphatic rings. The first-order valence-electron chi connectivity index (χ1n) is 9.74. The SMILES string of the molecule is O=C(CN1CCCCC1)NCCN1C(=O)C(=Cc2ccc3c(c2)OCO3)SC1=S. The lowest BCUT2D eigenvalue weighted by Gasteiger charge is -2.25. The Morgan fingerprint density at radius 2 is 2.00 bits per heavy atom. The summed E-state index contributed by atoms with van der Waals surface area (Å²) in [6, 6.07) is 5.55. The molecule has 1 aromatic rings. The van der Waals surface area contributed by atoms with Crippen LogP contribution in [-0.2, 0) is 9.59 Å². The Kier molecular flexibility index (Phi) is 6.37. The summed E-state index contributed by atoms with van der Waals surface area (Å²) in [5.41, 5.74) is 0.851. The number of hydrogen-bond acceptors (Lipinski definition) is 7. The van der Waals surface area contributed by atoms with E-state index >= 15 is 0 Å². The monoisotopic (exact) mass is 433 g/mol. The molecule has 0 aromatic heterocycles. The summed E-state index contributed by atoms with van der Waals surface area (Å²) in [5, 5.41) is 2.90. The predicted octanol–water partition coefficient (Wildman–Crippen LogP) is 2.22. The van der Waals surface area contributed by atoms with Gasteiger partial charge in [0.2, 0.25) is 12.7 Å². The topological polar surface area (TPSA) is 71.1 Å². The maximum absolute atomic E-state index is 12.7. The zero-order valence-electron chi connectivity index (χ0n) is 16.0. The molecule has 4 rings (SSSR count). The number of nitrogens with zero attached hydrogens (tertiary/aromatic N) is 2. The highest BCUT2D eigenvalue weighted by Gasteiger charge is 2.31. The summed E-state index contributed by atoms with van der Waals surface area (Å²) < 4.78 is 11.2. The highest BCUT2D eigenvalue weighted by molar-refractivity contribution is 8.26. The molecule has 3 aliphatic heterocycles. The van der Waals surface area contributed by atoms with E-state index < -0.39 is 0 Å². The molecule has 2 saturated heterocycles. The van der Waals surface area contributed by atoms with Crippen LogP contribution in [0, 0.1) is 0 Å². The predicted molar refractivity (Wildman–Crippen MR) is 116 cm³/mol. The zero-order valence-corrected chi connectivity index (χ0v) is 17.7. The van der Waals surface area contributed by atoms with Gasteiger partial charge in [-0.1, -0.05) is 36.5 Å². The van der Waals surface area contributed by atoms with E-state index in [1.54, 1.807) is 11.0 Å². The average Bonchev–Trinajstić information content (AvgIpc) is 3.28. The smallest absolute Gasteiger partial charge is 0.266 e. The van der Waals surface area contributed by atoms with Gasteiger partial charge in [0.25, 0.3) is 5.91 Å². The molecule has 3 heterocycles. The average molecular weight is 434 g/mol. The van der Waals surface area contributed by atoms with Gasteiger partial charge in [-0.05, 0) is 49.7 Å². The summed E-state index contributed by atoms with van der Waals surface area (Å²) in [6.45, 7) is 3.34. The second kappa shape index (κ2) is 9.15. The number of hydrogen-bond donors (Lipinski definition) is 1. The standard InChI is InChI=1S/C20H23N3O4S2/c24-18(12-22-7-2-1-3-8-22)21-6-9-23-19(25)17(29-20(23)28)11-14-4-5-15-16(10-14)27-13-26-15/h4-5,10-11H,1-3,6-9,12-13H2,(H,21,24). The highest BCUT2D eigenvalue weighted by Crippen LogP contribution is 2.36. The van der Waals surface area contributed by atoms with Crippen LogP contribution < -0.4 is 14.8 Å². The number of amides is 2. The van der Waals surface area contributed by atoms with Crippen LogP contribution in [-0.4, -0.2) is 65.5 Å². The van der Waals surface area contributed by atoms with Crippen molar-refractivity contribution in [2.24, 2.45) is 0 Å². The van der Waals surface area contributed by atoms with E-state index in [9.17, 15) is 9.59 Å². The van der Waals surface area contributed by atoms with Crippen LogP contribution in [0.1, 0.15) is 24.8 Å². The Labute approximate surface area is 179 Å². The summed E-state index contributed by atoms with van der Waals surface area (Å²) in [6.07, 6.45) is 5.35. The molecule has 1 aromatic carbocycles. The molecule has 2 amide bonds. The van der Waals surface area contributed by atoms with Crippen LogP contribution >= 0.6 is 24.0 Å². The van der Waals surface area contributed by atoms with Crippen molar-refractivity contribution in [1.82, 2.24) is 15.1 Å². The fourth-order valence-electron chi connectivity index (χ4n) is 3.53. The van der Waals surface area contributed by atoms with E-state index in [2.05, 4.69) is 10.2 Å². The number of rotatable bonds is 6. The number of fused-ring (bicyclic) bond motifs is 1. The minimum Gasteiger partial charge on any atom is -0.454 e. The molecule has 0 atom stereocenters. The lowest BCUT2D eigenvalue weighted by atomic mass is 10.1. The number of thioether (sulfide) groups is 1. The zero-order chi connectivity index (χ0) is 20.2. The summed E-state index contributed by atoms with van der Waals surface area (Å²) in [4.78, 5) is 29.1. The normalized spacial score (nSPS) is 20.6. The third-order valence-corrected chi connectivity index (χ3v) is 6.42. The number of carbonyl (C=O) groups excluding carboxylic acids is 2. The van der Waals surface area contributed by atoms with Crippen LogP contribution in [0.25, 0.3) is 6.08 Å². The molecular formula is C20H23N3O4S2. The van der Waals surface area contributed by atoms with E-state index in [1.165, 1.54) is 18.2 Å². The molecule has 0 bridgehead atoms. The Morgan fingerprint density at radius 3 is 2.83 bits per heavy atom. The first kappa shape index (κ1) is 20.2. The number of nitrogens with one attached hydrogen (secondary N) is 1. The number of carbonyl (C=O) groups is 2. The van der Waals surface area contributed by atoms with E-state index in [0.717, 1.165) is 31.5 Å². The molecule has 0 unspecified atom stereocenters. The first-order chi connectivity index (χ1) is 14.1. The number of benzene rings is 1. The van der Waals surface area contributed by atoms with Gasteiger partial charge in [-0.15, -0.1) is 0 Å². The molecule has 2 fully saturated rings. The Hall–Kier alpha value is -2.10. The molecular weight excluding hydrogens is 410 g/mol. The largest absolute Gasteiger partial charge is 0.454 e. The molecule has 9 heteroatoms. The lowest BCUT2D eigenvalue weighted by Crippen LogP contribution is -2.42. The van der Waals surface area contributed by atoms with Crippen molar-refractivity contribution in [2.75, 3.05) is 39.5 Å². The van der Waals surface area contributed by atoms with Crippen molar-refractivity contribution < 1.29 is 19.1 Å². The molecule has 0 saturated carbocycles. The van der Waals surface area contributed by atoms with Crippen molar-refractivity contribution in [3.8, 4) is 11.5 Å². The molecule has 0 aliphatic carbocycles. The Morgan fingerprint density at radius 1 is 1.21 bits per heavy atom. The second-order valence-corrected chi connectivity index (χ2v) is 8.81. The van der Waals surface area contributed by atoms with Gasteiger partial charge < -0.3 is 14.8 Å². The van der Waals surface area contributed by atoms with Crippen molar-refractivity contribution in [3.63, 3.8) is 0 Å². The summed E-state index contributed by atoms with van der Waals surface area (Å²) >= 11 is 6.63. The molecule has 0 spiro atoms. The molecule has 29 heavy (non-hydrogen) atoms. The van der Waals surface area contributed by atoms with E-state index in [4.69, 9.17) is 21.7 Å². The molecule has 0 radical (unpaired) electrons. The Bertz CT molecular complexity index is 852. The minimum absolute atomic E-state index is 0.00626. The highest BCUT2D eigenvalue weighted by atomic mass is 32.2. The maximum Gasteiger partial charge on any atom is 0.266 e. The van der Waals surface area contributed by atoms with Crippen LogP contribution in [0.4, 0.5) is 0 Å². The van der Waals surface area contributed by atoms with Gasteiger partial charge in [0.1, 0.15) is 4.32 Å². The minimum atomic E-state index is -0.136. The van der Waals surface area contributed by atoms with Crippen LogP contribution in [0.15, 0.2) is 23.1 Å². The second-order valence-electron chi connectivity index (χ2n) is 7.13. The molecule has 7 nitrogen and oxygen atoms in total. The molecule has 1 N–H and O–H groups in total. The van der Waals surface area contributed by atoms with Gasteiger partial charge in [-0.3, -0.25) is 19.4 Å². The van der Waals surface area contributed by atoms with Crippen LogP contribution in [0.2, 0.25) is 0 Å². The summed E-state index contributed by atoms with van der Waals surface area (Å²) in [5.74, 6) is 1.23. The van der Waals surface area contributed by atoms with Crippen LogP contribution in [0.3, 0.4) is 0 Å². The van der Waals surface area contributed by atoms with Gasteiger partial charge in [-0.25, -0.2) is 0 Å². The van der Waals surface area contributed by atoms with Crippen molar-refractivity contribution >= 4 is 46.2 Å². The quantitative estimate of drug-likeness (QED) is 0.545. The third-order valence-electron chi connectivity index (χ3n) is 5.04. The van der Waals surface area contributed by atoms with Gasteiger partial charge in [-0.2, -0.15) is 0 Å². The van der Waals surface area contributed by atoms with E-state index in [-0.39, 0.29) is 18.6 Å². The van der Waals surface area contributed by atoms with Crippen molar-refractivity contribution in [2.45, 2.75) is 19.3 Å². The molecule has 154 valence electrons. The van der Waals surface area contributed by atoms with Gasteiger partial charge in [0.15, 0.2) is 11.5 Å².